The number of aldehydes is 1. The Labute approximate surface area is 157 Å². The maximum atomic E-state index is 11.3. The Morgan fingerprint density at radius 3 is 2.59 bits per heavy atom. The Kier molecular flexibility index (Phi) is 4.62. The quantitative estimate of drug-likeness (QED) is 0.480. The molecule has 0 fully saturated rings. The summed E-state index contributed by atoms with van der Waals surface area (Å²) in [6, 6.07) is 23.6. The number of hydrogen-bond acceptors (Lipinski definition) is 3. The van der Waals surface area contributed by atoms with Crippen molar-refractivity contribution in [3.05, 3.63) is 83.9 Å². The van der Waals surface area contributed by atoms with Crippen LogP contribution < -0.4 is 9.47 Å². The number of carbonyl (C=O) groups excluding carboxylic acids is 1. The summed E-state index contributed by atoms with van der Waals surface area (Å²) in [5.41, 5.74) is 4.40. The number of ether oxygens (including phenoxy) is 2. The predicted octanol–water partition coefficient (Wildman–Crippen LogP) is 5.24. The molecule has 0 radical (unpaired) electrons. The maximum Gasteiger partial charge on any atom is 0.153 e. The highest BCUT2D eigenvalue weighted by molar-refractivity contribution is 5.91. The van der Waals surface area contributed by atoms with Gasteiger partial charge in [-0.15, -0.1) is 0 Å². The van der Waals surface area contributed by atoms with E-state index in [-0.39, 0.29) is 0 Å². The van der Waals surface area contributed by atoms with Crippen molar-refractivity contribution in [2.45, 2.75) is 6.61 Å². The average Bonchev–Trinajstić information content (AvgIpc) is 3.15. The number of para-hydroxylation sites is 1. The third-order valence-electron chi connectivity index (χ3n) is 4.51. The molecule has 1 N–H and O–H groups in total. The molecule has 134 valence electrons. The zero-order valence-electron chi connectivity index (χ0n) is 14.9. The lowest BCUT2D eigenvalue weighted by molar-refractivity contribution is 0.112. The summed E-state index contributed by atoms with van der Waals surface area (Å²) in [7, 11) is 1.57. The number of rotatable bonds is 6. The zero-order valence-corrected chi connectivity index (χ0v) is 14.9. The number of carbonyl (C=O) groups is 1. The van der Waals surface area contributed by atoms with Crippen LogP contribution in [-0.4, -0.2) is 18.4 Å². The lowest BCUT2D eigenvalue weighted by atomic mass is 10.1. The molecule has 4 heteroatoms. The fraction of sp³-hybridized carbons (Fsp3) is 0.0870. The van der Waals surface area contributed by atoms with Crippen LogP contribution in [0.5, 0.6) is 11.5 Å². The Morgan fingerprint density at radius 2 is 1.81 bits per heavy atom. The van der Waals surface area contributed by atoms with Gasteiger partial charge in [0.1, 0.15) is 18.1 Å². The van der Waals surface area contributed by atoms with Gasteiger partial charge < -0.3 is 14.5 Å². The second kappa shape index (κ2) is 7.38. The molecule has 0 aliphatic rings. The molecule has 1 heterocycles. The summed E-state index contributed by atoms with van der Waals surface area (Å²) in [4.78, 5) is 14.7. The van der Waals surface area contributed by atoms with Crippen molar-refractivity contribution in [3.8, 4) is 22.8 Å². The molecule has 3 aromatic carbocycles. The van der Waals surface area contributed by atoms with Crippen LogP contribution in [0.4, 0.5) is 0 Å². The van der Waals surface area contributed by atoms with Crippen molar-refractivity contribution in [3.63, 3.8) is 0 Å². The zero-order chi connectivity index (χ0) is 18.6. The second-order valence-electron chi connectivity index (χ2n) is 6.25. The van der Waals surface area contributed by atoms with Crippen LogP contribution in [0, 0.1) is 0 Å². The Balaban J connectivity index is 1.64. The number of methoxy groups -OCH3 is 1. The number of fused-ring (bicyclic) bond motifs is 1. The summed E-state index contributed by atoms with van der Waals surface area (Å²) >= 11 is 0. The van der Waals surface area contributed by atoms with E-state index in [0.717, 1.165) is 39.8 Å². The van der Waals surface area contributed by atoms with Crippen molar-refractivity contribution < 1.29 is 14.3 Å². The van der Waals surface area contributed by atoms with Crippen molar-refractivity contribution in [2.75, 3.05) is 7.11 Å². The first-order chi connectivity index (χ1) is 13.3. The van der Waals surface area contributed by atoms with E-state index in [4.69, 9.17) is 9.47 Å². The molecule has 4 nitrogen and oxygen atoms in total. The van der Waals surface area contributed by atoms with Crippen LogP contribution in [0.25, 0.3) is 22.2 Å². The van der Waals surface area contributed by atoms with E-state index in [1.54, 1.807) is 13.2 Å². The van der Waals surface area contributed by atoms with E-state index in [1.165, 1.54) is 0 Å². The molecule has 0 unspecified atom stereocenters. The number of benzene rings is 3. The predicted molar refractivity (Wildman–Crippen MR) is 106 cm³/mol. The lowest BCUT2D eigenvalue weighted by Crippen LogP contribution is -1.94. The highest BCUT2D eigenvalue weighted by Crippen LogP contribution is 2.34. The molecule has 27 heavy (non-hydrogen) atoms. The summed E-state index contributed by atoms with van der Waals surface area (Å²) in [5, 5.41) is 1.04. The standard InChI is InChI=1S/C23H19NO3/c1-26-23-17(14-25)8-5-9-20(23)22-13-18-12-19(10-11-21(18)24-22)27-15-16-6-3-2-4-7-16/h2-14,24H,15H2,1H3. The van der Waals surface area contributed by atoms with Crippen molar-refractivity contribution in [1.29, 1.82) is 0 Å². The molecule has 4 aromatic rings. The number of H-pyrrole nitrogens is 1. The second-order valence-corrected chi connectivity index (χ2v) is 6.25. The van der Waals surface area contributed by atoms with Gasteiger partial charge in [-0.1, -0.05) is 36.4 Å². The van der Waals surface area contributed by atoms with Crippen molar-refractivity contribution in [2.24, 2.45) is 0 Å². The van der Waals surface area contributed by atoms with Crippen LogP contribution in [0.2, 0.25) is 0 Å². The van der Waals surface area contributed by atoms with Crippen LogP contribution in [0.3, 0.4) is 0 Å². The van der Waals surface area contributed by atoms with E-state index < -0.39 is 0 Å². The molecule has 0 saturated heterocycles. The van der Waals surface area contributed by atoms with Gasteiger partial charge in [-0.3, -0.25) is 4.79 Å². The van der Waals surface area contributed by atoms with Gasteiger partial charge >= 0.3 is 0 Å². The molecular formula is C23H19NO3. The van der Waals surface area contributed by atoms with E-state index in [1.807, 2.05) is 66.7 Å². The summed E-state index contributed by atoms with van der Waals surface area (Å²) in [6.45, 7) is 0.527. The van der Waals surface area contributed by atoms with Gasteiger partial charge in [0.2, 0.25) is 0 Å². The smallest absolute Gasteiger partial charge is 0.153 e. The van der Waals surface area contributed by atoms with E-state index in [2.05, 4.69) is 4.98 Å². The minimum Gasteiger partial charge on any atom is -0.495 e. The van der Waals surface area contributed by atoms with Gasteiger partial charge in [-0.2, -0.15) is 0 Å². The summed E-state index contributed by atoms with van der Waals surface area (Å²) in [6.07, 6.45) is 0.806. The number of hydrogen-bond donors (Lipinski definition) is 1. The minimum atomic E-state index is 0.527. The Bertz CT molecular complexity index is 1080. The molecule has 0 spiro atoms. The Hall–Kier alpha value is -3.53. The van der Waals surface area contributed by atoms with Crippen LogP contribution in [0.15, 0.2) is 72.8 Å². The van der Waals surface area contributed by atoms with Crippen LogP contribution in [-0.2, 0) is 6.61 Å². The fourth-order valence-electron chi connectivity index (χ4n) is 3.17. The van der Waals surface area contributed by atoms with E-state index in [9.17, 15) is 4.79 Å². The first-order valence-electron chi connectivity index (χ1n) is 8.70. The van der Waals surface area contributed by atoms with Crippen LogP contribution in [0.1, 0.15) is 15.9 Å². The van der Waals surface area contributed by atoms with Gasteiger partial charge in [0, 0.05) is 16.5 Å². The summed E-state index contributed by atoms with van der Waals surface area (Å²) in [5.74, 6) is 1.38. The topological polar surface area (TPSA) is 51.3 Å². The number of aromatic nitrogens is 1. The molecule has 0 bridgehead atoms. The van der Waals surface area contributed by atoms with Crippen molar-refractivity contribution >= 4 is 17.2 Å². The first kappa shape index (κ1) is 16.9. The van der Waals surface area contributed by atoms with Gasteiger partial charge in [0.25, 0.3) is 0 Å². The molecule has 1 aromatic heterocycles. The molecular weight excluding hydrogens is 338 g/mol. The Morgan fingerprint density at radius 1 is 0.963 bits per heavy atom. The SMILES string of the molecule is COc1c(C=O)cccc1-c1cc2cc(OCc3ccccc3)ccc2[nH]1. The average molecular weight is 357 g/mol. The molecule has 0 aliphatic heterocycles. The van der Waals surface area contributed by atoms with E-state index >= 15 is 0 Å². The normalized spacial score (nSPS) is 10.7. The van der Waals surface area contributed by atoms with Gasteiger partial charge in [0.05, 0.1) is 18.4 Å². The number of aromatic amines is 1. The molecule has 4 rings (SSSR count). The highest BCUT2D eigenvalue weighted by Gasteiger charge is 2.13. The van der Waals surface area contributed by atoms with E-state index in [0.29, 0.717) is 17.9 Å². The maximum absolute atomic E-state index is 11.3. The number of nitrogens with one attached hydrogen (secondary N) is 1. The van der Waals surface area contributed by atoms with Gasteiger partial charge in [-0.05, 0) is 42.0 Å². The fourth-order valence-corrected chi connectivity index (χ4v) is 3.17. The van der Waals surface area contributed by atoms with Gasteiger partial charge in [-0.25, -0.2) is 0 Å². The molecule has 0 amide bonds. The van der Waals surface area contributed by atoms with Crippen molar-refractivity contribution in [1.82, 2.24) is 4.98 Å². The third kappa shape index (κ3) is 3.42. The molecule has 0 atom stereocenters. The monoisotopic (exact) mass is 357 g/mol. The molecule has 0 aliphatic carbocycles. The third-order valence-corrected chi connectivity index (χ3v) is 4.51. The van der Waals surface area contributed by atoms with Gasteiger partial charge in [0.15, 0.2) is 6.29 Å². The van der Waals surface area contributed by atoms with Crippen LogP contribution >= 0.6 is 0 Å². The minimum absolute atomic E-state index is 0.527. The first-order valence-corrected chi connectivity index (χ1v) is 8.70. The summed E-state index contributed by atoms with van der Waals surface area (Å²) < 4.78 is 11.4. The highest BCUT2D eigenvalue weighted by atomic mass is 16.5. The largest absolute Gasteiger partial charge is 0.495 e. The lowest BCUT2D eigenvalue weighted by Gasteiger charge is -2.08. The molecule has 0 saturated carbocycles.